The maximum Gasteiger partial charge on any atom is 0.311 e. The van der Waals surface area contributed by atoms with E-state index in [-0.39, 0.29) is 19.5 Å². The van der Waals surface area contributed by atoms with Crippen LogP contribution in [-0.4, -0.2) is 64.2 Å². The molecule has 0 spiro atoms. The summed E-state index contributed by atoms with van der Waals surface area (Å²) in [5, 5.41) is 33.5. The van der Waals surface area contributed by atoms with Crippen molar-refractivity contribution in [2.24, 2.45) is 0 Å². The van der Waals surface area contributed by atoms with Crippen molar-refractivity contribution in [3.8, 4) is 0 Å². The molecule has 61 heavy (non-hydrogen) atoms. The number of carboxylic acid groups (broad SMARTS) is 4. The Kier molecular flexibility index (Phi) is 17.5. The largest absolute Gasteiger partial charge is 0.479 e. The van der Waals surface area contributed by atoms with E-state index < -0.39 is 23.9 Å². The molecular weight excluding hydrogens is 826 g/mol. The number of nitrogens with one attached hydrogen (secondary N) is 2. The summed E-state index contributed by atoms with van der Waals surface area (Å²) in [6, 6.07) is 51.9. The first-order valence-electron chi connectivity index (χ1n) is 17.8. The summed E-state index contributed by atoms with van der Waals surface area (Å²) in [7, 11) is 0. The Hall–Kier alpha value is -8.02. The molecule has 7 aromatic rings. The minimum Gasteiger partial charge on any atom is -0.479 e. The number of rotatable bonds is 4. The molecule has 0 amide bonds. The van der Waals surface area contributed by atoms with Gasteiger partial charge in [0, 0.05) is 41.5 Å². The number of aromatic nitrogens is 4. The van der Waals surface area contributed by atoms with Crippen LogP contribution in [0.5, 0.6) is 0 Å². The van der Waals surface area contributed by atoms with Gasteiger partial charge in [-0.05, 0) is 95.1 Å². The van der Waals surface area contributed by atoms with Gasteiger partial charge in [0.25, 0.3) is 0 Å². The van der Waals surface area contributed by atoms with E-state index in [1.165, 1.54) is 48.5 Å². The summed E-state index contributed by atoms with van der Waals surface area (Å²) in [5.74, 6) is -3.60. The van der Waals surface area contributed by atoms with Gasteiger partial charge in [0.1, 0.15) is 0 Å². The van der Waals surface area contributed by atoms with Gasteiger partial charge in [0.15, 0.2) is 0 Å². The zero-order valence-electron chi connectivity index (χ0n) is 32.2. The predicted octanol–water partition coefficient (Wildman–Crippen LogP) is 9.39. The van der Waals surface area contributed by atoms with Crippen LogP contribution in [0.15, 0.2) is 146 Å². The van der Waals surface area contributed by atoms with E-state index in [1.54, 1.807) is 48.5 Å². The summed E-state index contributed by atoms with van der Waals surface area (Å²) in [6.07, 6.45) is 8.05. The smallest absolute Gasteiger partial charge is 0.311 e. The summed E-state index contributed by atoms with van der Waals surface area (Å²) in [5.41, 5.74) is 9.06. The number of hydrogen-bond acceptors (Lipinski definition) is 6. The zero-order chi connectivity index (χ0) is 42.7. The van der Waals surface area contributed by atoms with Crippen molar-refractivity contribution >= 4 is 70.2 Å². The third-order valence-corrected chi connectivity index (χ3v) is 7.90. The molecule has 3 aromatic heterocycles. The van der Waals surface area contributed by atoms with E-state index in [9.17, 15) is 19.2 Å². The van der Waals surface area contributed by atoms with Gasteiger partial charge in [0.05, 0.1) is 22.8 Å². The molecule has 0 atom stereocenters. The van der Waals surface area contributed by atoms with E-state index in [4.69, 9.17) is 20.4 Å². The van der Waals surface area contributed by atoms with Crippen LogP contribution in [0, 0.1) is 24.3 Å². The van der Waals surface area contributed by atoms with E-state index in [0.717, 1.165) is 44.8 Å². The molecule has 2 aliphatic heterocycles. The van der Waals surface area contributed by atoms with E-state index in [0.29, 0.717) is 22.3 Å². The number of H-pyrrole nitrogens is 2. The molecular formula is C48H34N4O8Zn-4. The van der Waals surface area contributed by atoms with Gasteiger partial charge < -0.3 is 30.4 Å². The minimum absolute atomic E-state index is 0. The fourth-order valence-corrected chi connectivity index (χ4v) is 5.06. The van der Waals surface area contributed by atoms with Crippen molar-refractivity contribution in [1.29, 1.82) is 0 Å². The number of hydrogen-bond donors (Lipinski definition) is 6. The van der Waals surface area contributed by atoms with Gasteiger partial charge in [-0.3, -0.25) is 0 Å². The first kappa shape index (κ1) is 45.7. The number of fused-ring (bicyclic) bond motifs is 8. The van der Waals surface area contributed by atoms with Crippen molar-refractivity contribution in [3.05, 3.63) is 215 Å². The molecule has 4 aromatic carbocycles. The van der Waals surface area contributed by atoms with Crippen LogP contribution < -0.4 is 0 Å². The standard InChI is InChI=1S/C20H14N4.4C7H5O2.Zn/c1-2-14-10-16-5-6-18(23-16)12-20-8-7-19(24-20)11-17-4-3-15(22-17)9-13(1)21-14;4*8-7(9)6-4-2-1-3-5-6;/h1-12,21-22H;4*2-5H,(H,8,9);/q;4*-1;. The number of aromatic carboxylic acids is 4. The third kappa shape index (κ3) is 15.3. The van der Waals surface area contributed by atoms with Gasteiger partial charge in [-0.25, -0.2) is 29.1 Å². The van der Waals surface area contributed by atoms with Gasteiger partial charge in [-0.1, -0.05) is 0 Å². The van der Waals surface area contributed by atoms with Gasteiger partial charge in [-0.15, -0.1) is 0 Å². The number of nitrogens with zero attached hydrogens (tertiary/aromatic N) is 2. The summed E-state index contributed by atoms with van der Waals surface area (Å²) < 4.78 is 0. The molecule has 0 unspecified atom stereocenters. The Morgan fingerprint density at radius 2 is 0.590 bits per heavy atom. The van der Waals surface area contributed by atoms with Crippen LogP contribution in [0.2, 0.25) is 0 Å². The fraction of sp³-hybridized carbons (Fsp3) is 0. The molecule has 5 heterocycles. The fourth-order valence-electron chi connectivity index (χ4n) is 5.06. The molecule has 9 rings (SSSR count). The van der Waals surface area contributed by atoms with Crippen molar-refractivity contribution in [2.45, 2.75) is 0 Å². The predicted molar refractivity (Wildman–Crippen MR) is 228 cm³/mol. The van der Waals surface area contributed by atoms with Gasteiger partial charge in [0.2, 0.25) is 0 Å². The summed E-state index contributed by atoms with van der Waals surface area (Å²) in [6.45, 7) is 0. The van der Waals surface area contributed by atoms with E-state index in [1.807, 2.05) is 42.5 Å². The number of carboxylic acids is 4. The molecule has 0 radical (unpaired) electrons. The average Bonchev–Trinajstić information content (AvgIpc) is 4.11. The van der Waals surface area contributed by atoms with E-state index >= 15 is 0 Å². The molecule has 13 heteroatoms. The topological polar surface area (TPSA) is 207 Å². The van der Waals surface area contributed by atoms with Crippen molar-refractivity contribution < 1.29 is 59.1 Å². The van der Waals surface area contributed by atoms with Crippen LogP contribution in [-0.2, 0) is 19.5 Å². The van der Waals surface area contributed by atoms with Crippen LogP contribution in [0.1, 0.15) is 64.2 Å². The van der Waals surface area contributed by atoms with Crippen LogP contribution >= 0.6 is 0 Å². The Morgan fingerprint density at radius 1 is 0.361 bits per heavy atom. The molecule has 8 bridgehead atoms. The third-order valence-electron chi connectivity index (χ3n) is 7.90. The molecule has 2 aliphatic rings. The minimum atomic E-state index is -0.899. The van der Waals surface area contributed by atoms with Gasteiger partial charge in [-0.2, -0.15) is 121 Å². The van der Waals surface area contributed by atoms with Crippen LogP contribution in [0.3, 0.4) is 0 Å². The maximum absolute atomic E-state index is 10.2. The molecule has 0 fully saturated rings. The maximum atomic E-state index is 10.2. The normalized spacial score (nSPS) is 10.2. The van der Waals surface area contributed by atoms with Crippen molar-refractivity contribution in [2.75, 3.05) is 0 Å². The van der Waals surface area contributed by atoms with Crippen LogP contribution in [0.25, 0.3) is 46.4 Å². The summed E-state index contributed by atoms with van der Waals surface area (Å²) in [4.78, 5) is 56.8. The Labute approximate surface area is 362 Å². The Morgan fingerprint density at radius 3 is 0.820 bits per heavy atom. The quantitative estimate of drug-likeness (QED) is 0.0730. The first-order chi connectivity index (χ1) is 29.0. The second kappa shape index (κ2) is 23.4. The first-order valence-corrected chi connectivity index (χ1v) is 17.8. The second-order valence-electron chi connectivity index (χ2n) is 12.3. The molecule has 6 N–H and O–H groups in total. The molecule has 0 saturated heterocycles. The number of aromatic amines is 2. The number of benzene rings is 4. The summed E-state index contributed by atoms with van der Waals surface area (Å²) >= 11 is 0. The molecule has 12 nitrogen and oxygen atoms in total. The Balaban J connectivity index is 0.000000185. The zero-order valence-corrected chi connectivity index (χ0v) is 35.2. The molecule has 300 valence electrons. The number of carbonyl (C=O) groups is 4. The van der Waals surface area contributed by atoms with E-state index in [2.05, 4.69) is 74.5 Å². The van der Waals surface area contributed by atoms with Crippen molar-refractivity contribution in [1.82, 2.24) is 19.9 Å². The monoisotopic (exact) mass is 858 g/mol. The SMILES string of the molecule is C1=Cc2cc3ccc(cc4ccc(cc5nc(cc1n2)C=C5)[nH]4)[nH]3.O=C(O)c1cc[c-]cc1.O=C(O)c1cc[c-]cc1.O=C(O)c1cc[c-]cc1.O=C(O)c1cc[c-]cc1.[Zn]. The average molecular weight is 860 g/mol. The molecule has 0 aliphatic carbocycles. The van der Waals surface area contributed by atoms with Crippen LogP contribution in [0.4, 0.5) is 0 Å². The van der Waals surface area contributed by atoms with Gasteiger partial charge >= 0.3 is 23.9 Å². The molecule has 0 saturated carbocycles. The Bertz CT molecular complexity index is 2480. The van der Waals surface area contributed by atoms with Crippen molar-refractivity contribution in [3.63, 3.8) is 0 Å². The second-order valence-corrected chi connectivity index (χ2v) is 12.3.